The van der Waals surface area contributed by atoms with Gasteiger partial charge in [0, 0.05) is 6.42 Å². The molecule has 0 spiro atoms. The summed E-state index contributed by atoms with van der Waals surface area (Å²) in [6.07, 6.45) is 0.411. The molecule has 0 aliphatic rings. The highest BCUT2D eigenvalue weighted by atomic mass is 79.9. The number of carbonyl (C=O) groups excluding carboxylic acids is 2. The molecule has 20 heavy (non-hydrogen) atoms. The predicted molar refractivity (Wildman–Crippen MR) is 81.7 cm³/mol. The number of benzene rings is 1. The molecular weight excluding hydrogens is 322 g/mol. The van der Waals surface area contributed by atoms with Gasteiger partial charge in [-0.25, -0.2) is 4.79 Å². The van der Waals surface area contributed by atoms with Crippen LogP contribution in [0.2, 0.25) is 0 Å². The van der Waals surface area contributed by atoms with Crippen LogP contribution in [0, 0.1) is 0 Å². The van der Waals surface area contributed by atoms with Crippen molar-refractivity contribution >= 4 is 27.8 Å². The Bertz CT molecular complexity index is 454. The Labute approximate surface area is 128 Å². The summed E-state index contributed by atoms with van der Waals surface area (Å²) in [5.74, 6) is -0.660. The summed E-state index contributed by atoms with van der Waals surface area (Å²) in [7, 11) is 0. The van der Waals surface area contributed by atoms with Gasteiger partial charge in [-0.05, 0) is 26.3 Å². The lowest BCUT2D eigenvalue weighted by Crippen LogP contribution is -2.45. The summed E-state index contributed by atoms with van der Waals surface area (Å²) < 4.78 is 5.35. The Balaban J connectivity index is 2.79. The number of nitrogens with one attached hydrogen (secondary N) is 1. The van der Waals surface area contributed by atoms with E-state index in [1.54, 1.807) is 20.8 Å². The van der Waals surface area contributed by atoms with Crippen molar-refractivity contribution in [1.29, 1.82) is 0 Å². The molecular formula is C15H20BrNO3. The molecule has 1 amide bonds. The molecule has 4 nitrogen and oxygen atoms in total. The van der Waals surface area contributed by atoms with Gasteiger partial charge in [0.15, 0.2) is 0 Å². The van der Waals surface area contributed by atoms with Gasteiger partial charge < -0.3 is 10.1 Å². The molecule has 0 fully saturated rings. The van der Waals surface area contributed by atoms with E-state index < -0.39 is 17.6 Å². The Kier molecular flexibility index (Phi) is 6.20. The summed E-state index contributed by atoms with van der Waals surface area (Å²) in [6, 6.07) is 8.85. The first-order valence-electron chi connectivity index (χ1n) is 6.44. The van der Waals surface area contributed by atoms with Crippen molar-refractivity contribution in [2.24, 2.45) is 0 Å². The van der Waals surface area contributed by atoms with Crippen molar-refractivity contribution in [2.75, 3.05) is 5.33 Å². The maximum absolute atomic E-state index is 12.2. The lowest BCUT2D eigenvalue weighted by Gasteiger charge is -2.24. The van der Waals surface area contributed by atoms with Crippen LogP contribution in [0.1, 0.15) is 26.3 Å². The number of hydrogen-bond donors (Lipinski definition) is 1. The summed E-state index contributed by atoms with van der Waals surface area (Å²) in [4.78, 5) is 23.7. The van der Waals surface area contributed by atoms with Crippen molar-refractivity contribution in [3.8, 4) is 0 Å². The number of rotatable bonds is 5. The fourth-order valence-electron chi connectivity index (χ4n) is 1.65. The number of ether oxygens (including phenoxy) is 1. The Morgan fingerprint density at radius 1 is 1.25 bits per heavy atom. The number of hydrogen-bond acceptors (Lipinski definition) is 3. The SMILES string of the molecule is CC(C)(C)OC(=O)[C@H](Cc1ccccc1)NC(=O)CBr. The van der Waals surface area contributed by atoms with E-state index in [1.165, 1.54) is 0 Å². The molecule has 1 aromatic carbocycles. The smallest absolute Gasteiger partial charge is 0.329 e. The van der Waals surface area contributed by atoms with Gasteiger partial charge in [-0.2, -0.15) is 0 Å². The van der Waals surface area contributed by atoms with Crippen molar-refractivity contribution < 1.29 is 14.3 Å². The molecule has 1 N–H and O–H groups in total. The largest absolute Gasteiger partial charge is 0.458 e. The van der Waals surface area contributed by atoms with E-state index in [2.05, 4.69) is 21.2 Å². The lowest BCUT2D eigenvalue weighted by atomic mass is 10.1. The van der Waals surface area contributed by atoms with E-state index in [-0.39, 0.29) is 11.2 Å². The van der Waals surface area contributed by atoms with Crippen LogP contribution in [0.5, 0.6) is 0 Å². The zero-order valence-corrected chi connectivity index (χ0v) is 13.6. The fourth-order valence-corrected chi connectivity index (χ4v) is 1.81. The number of halogens is 1. The Morgan fingerprint density at radius 2 is 1.85 bits per heavy atom. The van der Waals surface area contributed by atoms with Gasteiger partial charge in [-0.15, -0.1) is 0 Å². The number of amides is 1. The van der Waals surface area contributed by atoms with E-state index in [0.717, 1.165) is 5.56 Å². The second kappa shape index (κ2) is 7.43. The van der Waals surface area contributed by atoms with E-state index in [1.807, 2.05) is 30.3 Å². The van der Waals surface area contributed by atoms with Crippen molar-refractivity contribution in [1.82, 2.24) is 5.32 Å². The van der Waals surface area contributed by atoms with E-state index >= 15 is 0 Å². The molecule has 1 rings (SSSR count). The molecule has 0 heterocycles. The topological polar surface area (TPSA) is 55.4 Å². The van der Waals surface area contributed by atoms with Crippen LogP contribution < -0.4 is 5.32 Å². The molecule has 0 aliphatic heterocycles. The summed E-state index contributed by atoms with van der Waals surface area (Å²) in [5, 5.41) is 2.83. The van der Waals surface area contributed by atoms with Gasteiger partial charge in [0.1, 0.15) is 11.6 Å². The lowest BCUT2D eigenvalue weighted by molar-refractivity contribution is -0.158. The minimum Gasteiger partial charge on any atom is -0.458 e. The molecule has 1 atom stereocenters. The third kappa shape index (κ3) is 6.19. The van der Waals surface area contributed by atoms with Crippen LogP contribution in [0.15, 0.2) is 30.3 Å². The molecule has 0 saturated carbocycles. The summed E-state index contributed by atoms with van der Waals surface area (Å²) >= 11 is 3.08. The van der Waals surface area contributed by atoms with Gasteiger partial charge in [0.2, 0.25) is 5.91 Å². The van der Waals surface area contributed by atoms with Gasteiger partial charge in [0.05, 0.1) is 5.33 Å². The van der Waals surface area contributed by atoms with Crippen LogP contribution in [-0.4, -0.2) is 28.8 Å². The first kappa shape index (κ1) is 16.7. The number of carbonyl (C=O) groups is 2. The molecule has 0 aliphatic carbocycles. The maximum atomic E-state index is 12.2. The highest BCUT2D eigenvalue weighted by Crippen LogP contribution is 2.11. The summed E-state index contributed by atoms with van der Waals surface area (Å²) in [5.41, 5.74) is 0.392. The fraction of sp³-hybridized carbons (Fsp3) is 0.467. The van der Waals surface area contributed by atoms with E-state index in [9.17, 15) is 9.59 Å². The van der Waals surface area contributed by atoms with Crippen LogP contribution >= 0.6 is 15.9 Å². The Morgan fingerprint density at radius 3 is 2.35 bits per heavy atom. The Hall–Kier alpha value is -1.36. The molecule has 0 radical (unpaired) electrons. The van der Waals surface area contributed by atoms with E-state index in [0.29, 0.717) is 6.42 Å². The number of alkyl halides is 1. The molecule has 1 aromatic rings. The third-order valence-corrected chi connectivity index (χ3v) is 2.94. The zero-order chi connectivity index (χ0) is 15.2. The second-order valence-electron chi connectivity index (χ2n) is 5.48. The van der Waals surface area contributed by atoms with Crippen molar-refractivity contribution in [2.45, 2.75) is 38.8 Å². The first-order chi connectivity index (χ1) is 9.31. The van der Waals surface area contributed by atoms with Crippen LogP contribution in [0.25, 0.3) is 0 Å². The van der Waals surface area contributed by atoms with Crippen LogP contribution in [0.4, 0.5) is 0 Å². The monoisotopic (exact) mass is 341 g/mol. The van der Waals surface area contributed by atoms with Gasteiger partial charge >= 0.3 is 5.97 Å². The number of esters is 1. The minimum absolute atomic E-state index is 0.154. The highest BCUT2D eigenvalue weighted by Gasteiger charge is 2.26. The molecule has 0 bridgehead atoms. The molecule has 110 valence electrons. The van der Waals surface area contributed by atoms with Crippen molar-refractivity contribution in [3.63, 3.8) is 0 Å². The standard InChI is InChI=1S/C15H20BrNO3/c1-15(2,3)20-14(19)12(17-13(18)10-16)9-11-7-5-4-6-8-11/h4-8,12H,9-10H2,1-3H3,(H,17,18)/t12-/m0/s1. The van der Waals surface area contributed by atoms with Gasteiger partial charge in [-0.3, -0.25) is 4.79 Å². The average Bonchev–Trinajstić information content (AvgIpc) is 2.37. The minimum atomic E-state index is -0.679. The molecule has 0 aromatic heterocycles. The molecule has 0 saturated heterocycles. The van der Waals surface area contributed by atoms with E-state index in [4.69, 9.17) is 4.74 Å². The maximum Gasteiger partial charge on any atom is 0.329 e. The molecule has 0 unspecified atom stereocenters. The van der Waals surface area contributed by atoms with Crippen molar-refractivity contribution in [3.05, 3.63) is 35.9 Å². The summed E-state index contributed by atoms with van der Waals surface area (Å²) in [6.45, 7) is 5.41. The quantitative estimate of drug-likeness (QED) is 0.661. The zero-order valence-electron chi connectivity index (χ0n) is 12.0. The highest BCUT2D eigenvalue weighted by molar-refractivity contribution is 9.09. The second-order valence-corrected chi connectivity index (χ2v) is 6.04. The van der Waals surface area contributed by atoms with Gasteiger partial charge in [-0.1, -0.05) is 46.3 Å². The van der Waals surface area contributed by atoms with Crippen LogP contribution in [0.3, 0.4) is 0 Å². The first-order valence-corrected chi connectivity index (χ1v) is 7.56. The molecule has 5 heteroatoms. The predicted octanol–water partition coefficient (Wildman–Crippen LogP) is 2.45. The normalized spacial score (nSPS) is 12.6. The average molecular weight is 342 g/mol. The third-order valence-electron chi connectivity index (χ3n) is 2.43. The van der Waals surface area contributed by atoms with Gasteiger partial charge in [0.25, 0.3) is 0 Å². The van der Waals surface area contributed by atoms with Crippen LogP contribution in [-0.2, 0) is 20.7 Å².